The average molecular weight is 824 g/mol. The van der Waals surface area contributed by atoms with Crippen LogP contribution in [0.1, 0.15) is 206 Å². The third-order valence-corrected chi connectivity index (χ3v) is 10.7. The molecule has 0 rings (SSSR count). The van der Waals surface area contributed by atoms with E-state index in [0.29, 0.717) is 12.8 Å². The van der Waals surface area contributed by atoms with Crippen LogP contribution in [-0.2, 0) is 32.7 Å². The molecular weight excluding hydrogens is 737 g/mol. The molecule has 0 fully saturated rings. The zero-order chi connectivity index (χ0) is 41.8. The fourth-order valence-corrected chi connectivity index (χ4v) is 6.99. The number of rotatable bonds is 43. The molecule has 0 heterocycles. The Labute approximate surface area is 349 Å². The Morgan fingerprint density at radius 2 is 0.912 bits per heavy atom. The van der Waals surface area contributed by atoms with Gasteiger partial charge in [-0.3, -0.25) is 18.6 Å². The van der Waals surface area contributed by atoms with Gasteiger partial charge in [0.15, 0.2) is 6.10 Å². The Balaban J connectivity index is 4.13. The molecule has 3 N–H and O–H groups in total. The van der Waals surface area contributed by atoms with Gasteiger partial charge >= 0.3 is 19.8 Å². The first-order valence-corrected chi connectivity index (χ1v) is 24.6. The summed E-state index contributed by atoms with van der Waals surface area (Å²) in [7, 11) is -4.38. The Morgan fingerprint density at radius 3 is 1.37 bits per heavy atom. The van der Waals surface area contributed by atoms with E-state index < -0.39 is 32.5 Å². The average Bonchev–Trinajstić information content (AvgIpc) is 3.20. The fraction of sp³-hybridized carbons (Fsp3) is 0.787. The van der Waals surface area contributed by atoms with E-state index in [4.69, 9.17) is 24.3 Å². The topological polar surface area (TPSA) is 134 Å². The molecule has 2 atom stereocenters. The number of carbonyl (C=O) groups excluding carboxylic acids is 2. The van der Waals surface area contributed by atoms with Crippen molar-refractivity contribution in [3.63, 3.8) is 0 Å². The number of esters is 2. The highest BCUT2D eigenvalue weighted by molar-refractivity contribution is 7.47. The van der Waals surface area contributed by atoms with E-state index in [1.165, 1.54) is 96.3 Å². The molecule has 0 aliphatic carbocycles. The van der Waals surface area contributed by atoms with Crippen molar-refractivity contribution in [1.82, 2.24) is 0 Å². The molecule has 0 saturated carbocycles. The second kappa shape index (κ2) is 43.5. The van der Waals surface area contributed by atoms with Crippen LogP contribution in [0.5, 0.6) is 0 Å². The molecule has 0 aliphatic rings. The van der Waals surface area contributed by atoms with Crippen molar-refractivity contribution in [1.29, 1.82) is 0 Å². The van der Waals surface area contributed by atoms with Gasteiger partial charge in [-0.05, 0) is 77.0 Å². The quantitative estimate of drug-likeness (QED) is 0.0267. The van der Waals surface area contributed by atoms with E-state index in [1.807, 2.05) is 0 Å². The third kappa shape index (κ3) is 43.4. The molecule has 2 unspecified atom stereocenters. The van der Waals surface area contributed by atoms with Crippen LogP contribution in [0.3, 0.4) is 0 Å². The highest BCUT2D eigenvalue weighted by atomic mass is 31.2. The Morgan fingerprint density at radius 1 is 0.526 bits per heavy atom. The van der Waals surface area contributed by atoms with Crippen molar-refractivity contribution >= 4 is 19.8 Å². The number of hydrogen-bond donors (Lipinski definition) is 2. The van der Waals surface area contributed by atoms with Crippen LogP contribution in [0.4, 0.5) is 0 Å². The maximum absolute atomic E-state index is 12.6. The summed E-state index contributed by atoms with van der Waals surface area (Å²) in [5, 5.41) is 0. The van der Waals surface area contributed by atoms with E-state index >= 15 is 0 Å². The van der Waals surface area contributed by atoms with Crippen LogP contribution in [0.15, 0.2) is 48.6 Å². The molecule has 0 amide bonds. The van der Waals surface area contributed by atoms with Gasteiger partial charge in [0.1, 0.15) is 6.61 Å². The minimum atomic E-state index is -4.38. The fourth-order valence-electron chi connectivity index (χ4n) is 6.22. The van der Waals surface area contributed by atoms with E-state index in [-0.39, 0.29) is 32.6 Å². The number of allylic oxidation sites excluding steroid dienone is 8. The number of hydrogen-bond acceptors (Lipinski definition) is 8. The Bertz CT molecular complexity index is 1080. The minimum absolute atomic E-state index is 0.0494. The smallest absolute Gasteiger partial charge is 0.462 e. The van der Waals surface area contributed by atoms with Crippen molar-refractivity contribution < 1.29 is 37.6 Å². The SMILES string of the molecule is CCCCC/C=C\C/C=C\CCCCCCCC(=O)OCC(COP(=O)(O)OCCN)OC(=O)CCCCCCCCCCC/C=C\C/C=C\CCCCCCC. The second-order valence-corrected chi connectivity index (χ2v) is 16.7. The van der Waals surface area contributed by atoms with Crippen molar-refractivity contribution in [3.8, 4) is 0 Å². The molecule has 57 heavy (non-hydrogen) atoms. The molecule has 0 saturated heterocycles. The Hall–Kier alpha value is -2.03. The minimum Gasteiger partial charge on any atom is -0.462 e. The first-order chi connectivity index (χ1) is 27.8. The van der Waals surface area contributed by atoms with Crippen molar-refractivity contribution in [2.45, 2.75) is 213 Å². The summed E-state index contributed by atoms with van der Waals surface area (Å²) in [6, 6.07) is 0. The van der Waals surface area contributed by atoms with Gasteiger partial charge in [-0.15, -0.1) is 0 Å². The highest BCUT2D eigenvalue weighted by Crippen LogP contribution is 2.43. The van der Waals surface area contributed by atoms with E-state index in [9.17, 15) is 19.0 Å². The largest absolute Gasteiger partial charge is 0.472 e. The number of carbonyl (C=O) groups is 2. The van der Waals surface area contributed by atoms with Gasteiger partial charge in [-0.1, -0.05) is 165 Å². The van der Waals surface area contributed by atoms with Crippen LogP contribution in [0.2, 0.25) is 0 Å². The molecule has 0 bridgehead atoms. The molecule has 9 nitrogen and oxygen atoms in total. The summed E-state index contributed by atoms with van der Waals surface area (Å²) < 4.78 is 32.8. The number of ether oxygens (including phenoxy) is 2. The van der Waals surface area contributed by atoms with Crippen LogP contribution in [0, 0.1) is 0 Å². The molecule has 0 aliphatic heterocycles. The molecule has 0 aromatic carbocycles. The summed E-state index contributed by atoms with van der Waals surface area (Å²) in [6.45, 7) is 3.68. The number of nitrogens with two attached hydrogens (primary N) is 1. The summed E-state index contributed by atoms with van der Waals surface area (Å²) >= 11 is 0. The summed E-state index contributed by atoms with van der Waals surface area (Å²) in [5.74, 6) is -0.848. The first kappa shape index (κ1) is 55.0. The summed E-state index contributed by atoms with van der Waals surface area (Å²) in [5.41, 5.74) is 5.35. The predicted molar refractivity (Wildman–Crippen MR) is 238 cm³/mol. The van der Waals surface area contributed by atoms with Gasteiger partial charge in [-0.25, -0.2) is 4.57 Å². The molecular formula is C47H86NO8P. The molecule has 0 spiro atoms. The molecule has 332 valence electrons. The van der Waals surface area contributed by atoms with E-state index in [2.05, 4.69) is 62.5 Å². The third-order valence-electron chi connectivity index (χ3n) is 9.69. The van der Waals surface area contributed by atoms with Gasteiger partial charge in [0.05, 0.1) is 13.2 Å². The van der Waals surface area contributed by atoms with Crippen molar-refractivity contribution in [2.24, 2.45) is 5.73 Å². The van der Waals surface area contributed by atoms with Crippen LogP contribution in [-0.4, -0.2) is 49.3 Å². The van der Waals surface area contributed by atoms with Gasteiger partial charge in [-0.2, -0.15) is 0 Å². The lowest BCUT2D eigenvalue weighted by atomic mass is 10.1. The van der Waals surface area contributed by atoms with Crippen LogP contribution >= 0.6 is 7.82 Å². The van der Waals surface area contributed by atoms with E-state index in [0.717, 1.165) is 70.6 Å². The second-order valence-electron chi connectivity index (χ2n) is 15.3. The monoisotopic (exact) mass is 824 g/mol. The maximum Gasteiger partial charge on any atom is 0.472 e. The molecule has 0 radical (unpaired) electrons. The zero-order valence-electron chi connectivity index (χ0n) is 36.6. The molecule has 10 heteroatoms. The lowest BCUT2D eigenvalue weighted by molar-refractivity contribution is -0.161. The lowest BCUT2D eigenvalue weighted by Crippen LogP contribution is -2.29. The highest BCUT2D eigenvalue weighted by Gasteiger charge is 2.26. The lowest BCUT2D eigenvalue weighted by Gasteiger charge is -2.19. The number of phosphoric ester groups is 1. The summed E-state index contributed by atoms with van der Waals surface area (Å²) in [6.07, 6.45) is 49.9. The zero-order valence-corrected chi connectivity index (χ0v) is 37.5. The normalized spacial score (nSPS) is 13.7. The first-order valence-electron chi connectivity index (χ1n) is 23.1. The van der Waals surface area contributed by atoms with Gasteiger partial charge in [0, 0.05) is 19.4 Å². The summed E-state index contributed by atoms with van der Waals surface area (Å²) in [4.78, 5) is 34.9. The van der Waals surface area contributed by atoms with Gasteiger partial charge in [0.25, 0.3) is 0 Å². The van der Waals surface area contributed by atoms with Crippen LogP contribution < -0.4 is 5.73 Å². The molecule has 0 aromatic heterocycles. The van der Waals surface area contributed by atoms with E-state index in [1.54, 1.807) is 0 Å². The van der Waals surface area contributed by atoms with Crippen molar-refractivity contribution in [2.75, 3.05) is 26.4 Å². The molecule has 0 aromatic rings. The standard InChI is InChI=1S/C47H86NO8P/c1-3-5-7-9-11-13-15-17-19-20-21-22-23-24-26-28-30-32-34-36-38-40-47(50)56-45(44-55-57(51,52)54-42-41-48)43-53-46(49)39-37-35-33-31-29-27-25-18-16-14-12-10-8-6-4-2/h12,14-15,17-18,20-21,25,45H,3-11,13,16,19,22-24,26-44,48H2,1-2H3,(H,51,52)/b14-12-,17-15-,21-20-,25-18-. The number of phosphoric acid groups is 1. The van der Waals surface area contributed by atoms with Crippen LogP contribution in [0.25, 0.3) is 0 Å². The Kier molecular flexibility index (Phi) is 42.0. The number of unbranched alkanes of at least 4 members (excludes halogenated alkanes) is 22. The predicted octanol–water partition coefficient (Wildman–Crippen LogP) is 13.5. The maximum atomic E-state index is 12.6. The van der Waals surface area contributed by atoms with Crippen molar-refractivity contribution in [3.05, 3.63) is 48.6 Å². The van der Waals surface area contributed by atoms with Gasteiger partial charge in [0.2, 0.25) is 0 Å². The van der Waals surface area contributed by atoms with Gasteiger partial charge < -0.3 is 20.1 Å².